The van der Waals surface area contributed by atoms with Gasteiger partial charge in [-0.2, -0.15) is 0 Å². The lowest BCUT2D eigenvalue weighted by Gasteiger charge is -2.41. The highest BCUT2D eigenvalue weighted by Gasteiger charge is 2.32. The molecule has 10 nitrogen and oxygen atoms in total. The number of fused-ring (bicyclic) bond motifs is 1. The molecule has 0 radical (unpaired) electrons. The molecule has 0 bridgehead atoms. The fourth-order valence-corrected chi connectivity index (χ4v) is 5.84. The fraction of sp³-hybridized carbons (Fsp3) is 0.379. The van der Waals surface area contributed by atoms with Crippen LogP contribution in [0.5, 0.6) is 0 Å². The van der Waals surface area contributed by atoms with E-state index in [4.69, 9.17) is 21.3 Å². The molecule has 1 aliphatic heterocycles. The number of piperazine rings is 1. The zero-order chi connectivity index (χ0) is 29.9. The monoisotopic (exact) mass is 598 g/mol. The van der Waals surface area contributed by atoms with E-state index >= 15 is 0 Å². The van der Waals surface area contributed by atoms with E-state index in [2.05, 4.69) is 9.97 Å². The van der Waals surface area contributed by atoms with E-state index in [1.54, 1.807) is 39.5 Å². The minimum Gasteiger partial charge on any atom is -0.444 e. The topological polar surface area (TPSA) is 113 Å². The maximum absolute atomic E-state index is 13.4. The molecule has 1 amide bonds. The molecular formula is C29H35ClN6O4S. The quantitative estimate of drug-likeness (QED) is 0.331. The number of carbonyl (C=O) groups excluding carboxylic acids is 1. The van der Waals surface area contributed by atoms with Gasteiger partial charge in [-0.15, -0.1) is 0 Å². The Labute approximate surface area is 246 Å². The van der Waals surface area contributed by atoms with Gasteiger partial charge >= 0.3 is 6.09 Å². The molecule has 0 aliphatic carbocycles. The second-order valence-electron chi connectivity index (χ2n) is 10.3. The maximum atomic E-state index is 13.4. The lowest BCUT2D eigenvalue weighted by molar-refractivity contribution is 0.0218. The maximum Gasteiger partial charge on any atom is 0.410 e. The molecule has 2 unspecified atom stereocenters. The third kappa shape index (κ3) is 6.46. The van der Waals surface area contributed by atoms with Crippen molar-refractivity contribution < 1.29 is 13.7 Å². The number of anilines is 1. The Morgan fingerprint density at radius 3 is 2.49 bits per heavy atom. The van der Waals surface area contributed by atoms with Gasteiger partial charge in [-0.3, -0.25) is 4.79 Å². The zero-order valence-corrected chi connectivity index (χ0v) is 25.6. The highest BCUT2D eigenvalue weighted by molar-refractivity contribution is 7.83. The number of amides is 1. The molecule has 4 aromatic rings. The zero-order valence-electron chi connectivity index (χ0n) is 24.1. The van der Waals surface area contributed by atoms with Crippen LogP contribution in [-0.2, 0) is 15.7 Å². The molecule has 1 fully saturated rings. The van der Waals surface area contributed by atoms with E-state index in [1.807, 2.05) is 70.7 Å². The van der Waals surface area contributed by atoms with Gasteiger partial charge in [0.2, 0.25) is 0 Å². The van der Waals surface area contributed by atoms with Gasteiger partial charge in [0.1, 0.15) is 16.4 Å². The minimum atomic E-state index is -1.57. The van der Waals surface area contributed by atoms with Crippen LogP contribution in [0.15, 0.2) is 64.5 Å². The van der Waals surface area contributed by atoms with Crippen LogP contribution < -0.4 is 10.5 Å². The molecule has 1 N–H and O–H groups in total. The van der Waals surface area contributed by atoms with Gasteiger partial charge in [-0.1, -0.05) is 43.6 Å². The molecule has 0 saturated carbocycles. The number of carbonyl (C=O) groups is 1. The number of H-pyrrole nitrogens is 1. The molecule has 3 aromatic heterocycles. The minimum absolute atomic E-state index is 0.0361. The van der Waals surface area contributed by atoms with Crippen LogP contribution in [0.4, 0.5) is 10.6 Å². The van der Waals surface area contributed by atoms with Gasteiger partial charge in [0.15, 0.2) is 22.5 Å². The van der Waals surface area contributed by atoms with Crippen molar-refractivity contribution in [2.24, 2.45) is 0 Å². The second kappa shape index (κ2) is 12.4. The number of aromatic nitrogens is 4. The van der Waals surface area contributed by atoms with Crippen LogP contribution in [-0.4, -0.2) is 65.4 Å². The number of nitrogens with zero attached hydrogens (tertiary/aromatic N) is 5. The number of ether oxygens (including phenoxy) is 1. The Morgan fingerprint density at radius 2 is 1.83 bits per heavy atom. The summed E-state index contributed by atoms with van der Waals surface area (Å²) in [5.74, 6) is 0.601. The molecule has 5 rings (SSSR count). The summed E-state index contributed by atoms with van der Waals surface area (Å²) in [5, 5.41) is 0.645. The highest BCUT2D eigenvalue weighted by Crippen LogP contribution is 2.32. The van der Waals surface area contributed by atoms with E-state index < -0.39 is 22.1 Å². The van der Waals surface area contributed by atoms with Crippen LogP contribution >= 0.6 is 11.6 Å². The number of hydrogen-bond donors (Lipinski definition) is 1. The first-order valence-corrected chi connectivity index (χ1v) is 15.0. The number of aromatic amines is 1. The molecule has 4 heterocycles. The lowest BCUT2D eigenvalue weighted by Crippen LogP contribution is -2.55. The Bertz CT molecular complexity index is 1620. The van der Waals surface area contributed by atoms with E-state index in [9.17, 15) is 13.8 Å². The van der Waals surface area contributed by atoms with Crippen LogP contribution in [0.2, 0.25) is 5.02 Å². The van der Waals surface area contributed by atoms with Crippen LogP contribution in [0, 0.1) is 0 Å². The Morgan fingerprint density at radius 1 is 1.12 bits per heavy atom. The second-order valence-corrected chi connectivity index (χ2v) is 12.1. The van der Waals surface area contributed by atoms with E-state index in [0.717, 1.165) is 0 Å². The van der Waals surface area contributed by atoms with Gasteiger partial charge in [0, 0.05) is 49.0 Å². The molecule has 12 heteroatoms. The Hall–Kier alpha value is -3.70. The average Bonchev–Trinajstić information content (AvgIpc) is 3.34. The van der Waals surface area contributed by atoms with Crippen molar-refractivity contribution in [2.75, 3.05) is 24.5 Å². The van der Waals surface area contributed by atoms with Crippen molar-refractivity contribution >= 4 is 45.5 Å². The summed E-state index contributed by atoms with van der Waals surface area (Å²) in [5.41, 5.74) is -0.0275. The van der Waals surface area contributed by atoms with Gasteiger partial charge in [0.05, 0.1) is 4.90 Å². The lowest BCUT2D eigenvalue weighted by atomic mass is 10.2. The number of halogens is 1. The third-order valence-electron chi connectivity index (χ3n) is 6.31. The first-order valence-electron chi connectivity index (χ1n) is 13.5. The largest absolute Gasteiger partial charge is 0.444 e. The van der Waals surface area contributed by atoms with Gasteiger partial charge in [-0.05, 0) is 52.0 Å². The standard InChI is InChI=1S/C27H29ClN6O4S.C2H6/c1-17-15-32(26(36)38-27(2,3)4)13-14-33(17)24-21(28)25(35)31-22(30-24)20-16-34(23-19(20)11-8-12-29-23)39(37)18-9-6-5-7-10-18;1-2/h5-12,16-17H,13-15H2,1-4H3,(H,30,31,35);1-2H3. The van der Waals surface area contributed by atoms with Crippen molar-refractivity contribution in [1.82, 2.24) is 23.8 Å². The predicted octanol–water partition coefficient (Wildman–Crippen LogP) is 5.48. The third-order valence-corrected chi connectivity index (χ3v) is 7.96. The molecule has 1 saturated heterocycles. The van der Waals surface area contributed by atoms with Gasteiger partial charge in [-0.25, -0.2) is 22.9 Å². The van der Waals surface area contributed by atoms with E-state index in [0.29, 0.717) is 46.9 Å². The molecule has 41 heavy (non-hydrogen) atoms. The van der Waals surface area contributed by atoms with Crippen molar-refractivity contribution in [3.63, 3.8) is 0 Å². The number of benzene rings is 1. The molecule has 1 aliphatic rings. The molecule has 1 aromatic carbocycles. The smallest absolute Gasteiger partial charge is 0.410 e. The summed E-state index contributed by atoms with van der Waals surface area (Å²) in [7, 11) is -1.57. The van der Waals surface area contributed by atoms with Gasteiger partial charge < -0.3 is 19.5 Å². The normalized spacial score (nSPS) is 16.2. The molecule has 0 spiro atoms. The summed E-state index contributed by atoms with van der Waals surface area (Å²) in [4.78, 5) is 41.8. The molecule has 218 valence electrons. The molecule has 2 atom stereocenters. The van der Waals surface area contributed by atoms with E-state index in [-0.39, 0.29) is 23.0 Å². The first-order chi connectivity index (χ1) is 19.5. The van der Waals surface area contributed by atoms with Gasteiger partial charge in [0.25, 0.3) is 5.56 Å². The predicted molar refractivity (Wildman–Crippen MR) is 163 cm³/mol. The molecular weight excluding hydrogens is 564 g/mol. The fourth-order valence-electron chi connectivity index (χ4n) is 4.53. The van der Waals surface area contributed by atoms with E-state index in [1.165, 1.54) is 0 Å². The summed E-state index contributed by atoms with van der Waals surface area (Å²) >= 11 is 6.47. The summed E-state index contributed by atoms with van der Waals surface area (Å²) in [6.45, 7) is 12.6. The SMILES string of the molecule is CC.CC1CN(C(=O)OC(C)(C)C)CCN1c1nc(-c2cn(S(=O)c3ccccc3)c3ncccc23)[nH]c(=O)c1Cl. The van der Waals surface area contributed by atoms with Crippen molar-refractivity contribution in [2.45, 2.75) is 58.1 Å². The number of hydrogen-bond acceptors (Lipinski definition) is 7. The Balaban J connectivity index is 0.00000189. The summed E-state index contributed by atoms with van der Waals surface area (Å²) in [6.07, 6.45) is 2.92. The number of pyridine rings is 1. The first kappa shape index (κ1) is 30.3. The summed E-state index contributed by atoms with van der Waals surface area (Å²) in [6, 6.07) is 12.5. The average molecular weight is 599 g/mol. The van der Waals surface area contributed by atoms with Crippen molar-refractivity contribution in [3.05, 3.63) is 70.2 Å². The number of nitrogens with one attached hydrogen (secondary N) is 1. The number of rotatable bonds is 4. The van der Waals surface area contributed by atoms with Crippen LogP contribution in [0.1, 0.15) is 41.5 Å². The van der Waals surface area contributed by atoms with Crippen LogP contribution in [0.3, 0.4) is 0 Å². The Kier molecular flexibility index (Phi) is 9.18. The van der Waals surface area contributed by atoms with Crippen LogP contribution in [0.25, 0.3) is 22.4 Å². The summed E-state index contributed by atoms with van der Waals surface area (Å²) < 4.78 is 20.5. The van der Waals surface area contributed by atoms with Crippen molar-refractivity contribution in [3.8, 4) is 11.4 Å². The highest BCUT2D eigenvalue weighted by atomic mass is 35.5. The van der Waals surface area contributed by atoms with Crippen molar-refractivity contribution in [1.29, 1.82) is 0 Å².